The fourth-order valence-corrected chi connectivity index (χ4v) is 3.05. The van der Waals surface area contributed by atoms with Gasteiger partial charge in [-0.15, -0.1) is 0 Å². The maximum Gasteiger partial charge on any atom is 0.339 e. The normalized spacial score (nSPS) is 13.6. The lowest BCUT2D eigenvalue weighted by Crippen LogP contribution is -2.56. The number of benzene rings is 2. The Bertz CT molecular complexity index is 942. The van der Waals surface area contributed by atoms with Crippen LogP contribution in [0.2, 0.25) is 0 Å². The Morgan fingerprint density at radius 3 is 2.39 bits per heavy atom. The van der Waals surface area contributed by atoms with Crippen molar-refractivity contribution in [2.24, 2.45) is 5.92 Å². The lowest BCUT2D eigenvalue weighted by atomic mass is 9.96. The molecule has 28 heavy (non-hydrogen) atoms. The number of nitrogens with zero attached hydrogens (tertiary/aromatic N) is 2. The Morgan fingerprint density at radius 1 is 1.07 bits per heavy atom. The number of ether oxygens (including phenoxy) is 1. The van der Waals surface area contributed by atoms with Crippen LogP contribution < -0.4 is 4.90 Å². The highest BCUT2D eigenvalue weighted by Gasteiger charge is 2.38. The molecule has 1 heterocycles. The van der Waals surface area contributed by atoms with Crippen LogP contribution in [0.3, 0.4) is 0 Å². The summed E-state index contributed by atoms with van der Waals surface area (Å²) in [4.78, 5) is 39.7. The van der Waals surface area contributed by atoms with Gasteiger partial charge in [0, 0.05) is 25.7 Å². The lowest BCUT2D eigenvalue weighted by Gasteiger charge is -2.40. The highest BCUT2D eigenvalue weighted by atomic mass is 19.2. The summed E-state index contributed by atoms with van der Waals surface area (Å²) >= 11 is 0. The zero-order chi connectivity index (χ0) is 20.4. The van der Waals surface area contributed by atoms with Crippen molar-refractivity contribution in [3.8, 4) is 0 Å². The van der Waals surface area contributed by atoms with Crippen LogP contribution >= 0.6 is 0 Å². The molecule has 1 aliphatic heterocycles. The first-order valence-corrected chi connectivity index (χ1v) is 8.52. The number of hydrogen-bond acceptors (Lipinski definition) is 4. The molecular formula is C20H18F2N2O4. The maximum absolute atomic E-state index is 13.3. The second kappa shape index (κ2) is 7.75. The number of rotatable bonds is 4. The number of esters is 1. The summed E-state index contributed by atoms with van der Waals surface area (Å²) in [6.07, 6.45) is 0. The third kappa shape index (κ3) is 3.58. The molecule has 0 aliphatic carbocycles. The van der Waals surface area contributed by atoms with E-state index in [1.807, 2.05) is 0 Å². The molecule has 1 fully saturated rings. The molecule has 146 valence electrons. The highest BCUT2D eigenvalue weighted by molar-refractivity contribution is 6.04. The van der Waals surface area contributed by atoms with Crippen molar-refractivity contribution in [3.05, 3.63) is 65.2 Å². The summed E-state index contributed by atoms with van der Waals surface area (Å²) in [6, 6.07) is 9.49. The molecule has 0 aromatic heterocycles. The van der Waals surface area contributed by atoms with Gasteiger partial charge in [0.2, 0.25) is 5.91 Å². The van der Waals surface area contributed by atoms with Crippen molar-refractivity contribution >= 4 is 23.5 Å². The van der Waals surface area contributed by atoms with Crippen molar-refractivity contribution in [2.45, 2.75) is 0 Å². The van der Waals surface area contributed by atoms with E-state index in [2.05, 4.69) is 0 Å². The van der Waals surface area contributed by atoms with Crippen LogP contribution in [0.1, 0.15) is 20.7 Å². The van der Waals surface area contributed by atoms with Gasteiger partial charge in [0.15, 0.2) is 11.6 Å². The number of halogens is 2. The summed E-state index contributed by atoms with van der Waals surface area (Å²) in [6.45, 7) is 0.308. The molecule has 0 atom stereocenters. The summed E-state index contributed by atoms with van der Waals surface area (Å²) in [5.74, 6) is -3.87. The van der Waals surface area contributed by atoms with Gasteiger partial charge < -0.3 is 14.5 Å². The monoisotopic (exact) mass is 388 g/mol. The number of para-hydroxylation sites is 1. The molecule has 0 radical (unpaired) electrons. The van der Waals surface area contributed by atoms with Crippen LogP contribution in [0, 0.1) is 17.6 Å². The number of methoxy groups -OCH3 is 1. The minimum absolute atomic E-state index is 0.0224. The number of amides is 2. The molecule has 2 aromatic rings. The average molecular weight is 388 g/mol. The molecule has 6 nitrogen and oxygen atoms in total. The molecule has 0 bridgehead atoms. The number of carbonyl (C=O) groups excluding carboxylic acids is 3. The van der Waals surface area contributed by atoms with Gasteiger partial charge in [-0.1, -0.05) is 12.1 Å². The largest absolute Gasteiger partial charge is 0.465 e. The smallest absolute Gasteiger partial charge is 0.339 e. The van der Waals surface area contributed by atoms with E-state index in [0.717, 1.165) is 12.1 Å². The number of carbonyl (C=O) groups is 3. The summed E-state index contributed by atoms with van der Waals surface area (Å²) < 4.78 is 31.1. The fraction of sp³-hybridized carbons (Fsp3) is 0.250. The molecule has 2 amide bonds. The quantitative estimate of drug-likeness (QED) is 0.755. The van der Waals surface area contributed by atoms with E-state index in [-0.39, 0.29) is 30.1 Å². The first-order chi connectivity index (χ1) is 13.3. The highest BCUT2D eigenvalue weighted by Crippen LogP contribution is 2.26. The second-order valence-corrected chi connectivity index (χ2v) is 6.44. The van der Waals surface area contributed by atoms with Crippen LogP contribution in [0.5, 0.6) is 0 Å². The summed E-state index contributed by atoms with van der Waals surface area (Å²) in [5.41, 5.74) is 0.689. The van der Waals surface area contributed by atoms with Gasteiger partial charge in [0.25, 0.3) is 5.91 Å². The van der Waals surface area contributed by atoms with Crippen molar-refractivity contribution in [1.29, 1.82) is 0 Å². The van der Waals surface area contributed by atoms with Crippen LogP contribution in [0.25, 0.3) is 0 Å². The van der Waals surface area contributed by atoms with Crippen LogP contribution in [0.4, 0.5) is 14.5 Å². The van der Waals surface area contributed by atoms with E-state index in [4.69, 9.17) is 4.74 Å². The molecule has 0 N–H and O–H groups in total. The van der Waals surface area contributed by atoms with E-state index >= 15 is 0 Å². The molecule has 3 rings (SSSR count). The Morgan fingerprint density at radius 2 is 1.75 bits per heavy atom. The van der Waals surface area contributed by atoms with Gasteiger partial charge in [0.1, 0.15) is 0 Å². The maximum atomic E-state index is 13.3. The van der Waals surface area contributed by atoms with E-state index in [1.165, 1.54) is 23.0 Å². The van der Waals surface area contributed by atoms with E-state index in [9.17, 15) is 23.2 Å². The van der Waals surface area contributed by atoms with Crippen molar-refractivity contribution in [2.75, 3.05) is 32.1 Å². The van der Waals surface area contributed by atoms with Crippen LogP contribution in [0.15, 0.2) is 42.5 Å². The number of likely N-dealkylation sites (tertiary alicyclic amines) is 1. The van der Waals surface area contributed by atoms with Crippen molar-refractivity contribution < 1.29 is 27.9 Å². The van der Waals surface area contributed by atoms with Gasteiger partial charge in [0.05, 0.1) is 24.3 Å². The Kier molecular flexibility index (Phi) is 5.39. The van der Waals surface area contributed by atoms with Gasteiger partial charge in [-0.2, -0.15) is 0 Å². The van der Waals surface area contributed by atoms with Gasteiger partial charge in [-0.25, -0.2) is 13.6 Å². The van der Waals surface area contributed by atoms with Crippen molar-refractivity contribution in [1.82, 2.24) is 4.90 Å². The first kappa shape index (κ1) is 19.5. The third-order valence-electron chi connectivity index (χ3n) is 4.69. The molecule has 2 aromatic carbocycles. The van der Waals surface area contributed by atoms with Gasteiger partial charge in [-0.3, -0.25) is 9.59 Å². The second-order valence-electron chi connectivity index (χ2n) is 6.44. The Balaban J connectivity index is 1.67. The molecule has 0 unspecified atom stereocenters. The summed E-state index contributed by atoms with van der Waals surface area (Å²) in [7, 11) is 2.80. The van der Waals surface area contributed by atoms with Gasteiger partial charge >= 0.3 is 5.97 Å². The van der Waals surface area contributed by atoms with Crippen LogP contribution in [-0.4, -0.2) is 49.9 Å². The predicted molar refractivity (Wildman–Crippen MR) is 96.9 cm³/mol. The summed E-state index contributed by atoms with van der Waals surface area (Å²) in [5, 5.41) is 0. The van der Waals surface area contributed by atoms with E-state index < -0.39 is 29.4 Å². The van der Waals surface area contributed by atoms with E-state index in [0.29, 0.717) is 5.69 Å². The minimum atomic E-state index is -1.10. The Hall–Kier alpha value is -3.29. The zero-order valence-corrected chi connectivity index (χ0v) is 15.3. The number of hydrogen-bond donors (Lipinski definition) is 0. The molecule has 1 aliphatic rings. The topological polar surface area (TPSA) is 66.9 Å². The van der Waals surface area contributed by atoms with Crippen molar-refractivity contribution in [3.63, 3.8) is 0 Å². The number of anilines is 1. The van der Waals surface area contributed by atoms with Crippen LogP contribution in [-0.2, 0) is 9.53 Å². The predicted octanol–water partition coefficient (Wildman–Crippen LogP) is 2.49. The molecular weight excluding hydrogens is 370 g/mol. The zero-order valence-electron chi connectivity index (χ0n) is 15.3. The molecule has 0 spiro atoms. The first-order valence-electron chi connectivity index (χ1n) is 8.52. The van der Waals surface area contributed by atoms with E-state index in [1.54, 1.807) is 31.3 Å². The average Bonchev–Trinajstić information content (AvgIpc) is 2.67. The standard InChI is InChI=1S/C20H18F2N2O4/c1-23(17-6-4-3-5-14(17)20(27)28-2)18(25)13-10-24(11-13)19(26)12-7-8-15(21)16(22)9-12/h3-9,13H,10-11H2,1-2H3. The minimum Gasteiger partial charge on any atom is -0.465 e. The molecule has 1 saturated heterocycles. The molecule has 0 saturated carbocycles. The van der Waals surface area contributed by atoms with Gasteiger partial charge in [-0.05, 0) is 30.3 Å². The third-order valence-corrected chi connectivity index (χ3v) is 4.69. The lowest BCUT2D eigenvalue weighted by molar-refractivity contribution is -0.126. The molecule has 8 heteroatoms. The Labute approximate surface area is 160 Å². The fourth-order valence-electron chi connectivity index (χ4n) is 3.05. The SMILES string of the molecule is COC(=O)c1ccccc1N(C)C(=O)C1CN(C(=O)c2ccc(F)c(F)c2)C1.